The average molecular weight is 366 g/mol. The molecule has 2 aromatic carbocycles. The van der Waals surface area contributed by atoms with Crippen LogP contribution in [0.3, 0.4) is 0 Å². The van der Waals surface area contributed by atoms with E-state index < -0.39 is 0 Å². The minimum absolute atomic E-state index is 0.0191. The first-order valence-corrected chi connectivity index (χ1v) is 9.34. The van der Waals surface area contributed by atoms with E-state index in [4.69, 9.17) is 9.15 Å². The van der Waals surface area contributed by atoms with Gasteiger partial charge in [0.25, 0.3) is 0 Å². The van der Waals surface area contributed by atoms with Crippen LogP contribution >= 0.6 is 0 Å². The Morgan fingerprint density at radius 2 is 1.96 bits per heavy atom. The van der Waals surface area contributed by atoms with Crippen LogP contribution < -0.4 is 10.1 Å². The van der Waals surface area contributed by atoms with Crippen LogP contribution in [0.1, 0.15) is 35.4 Å². The third-order valence-corrected chi connectivity index (χ3v) is 4.55. The van der Waals surface area contributed by atoms with Gasteiger partial charge in [-0.05, 0) is 68.1 Å². The van der Waals surface area contributed by atoms with Crippen LogP contribution in [0.25, 0.3) is 11.1 Å². The SMILES string of the molecule is Cc1ccc2oc(CCCC(=O)NCCOc3ccc(C)c(C)c3)nc2c1. The highest BCUT2D eigenvalue weighted by Crippen LogP contribution is 2.18. The Hall–Kier alpha value is -2.82. The number of nitrogens with one attached hydrogen (secondary N) is 1. The number of hydrogen-bond acceptors (Lipinski definition) is 4. The molecule has 1 amide bonds. The normalized spacial score (nSPS) is 10.9. The van der Waals surface area contributed by atoms with Crippen molar-refractivity contribution in [2.45, 2.75) is 40.0 Å². The van der Waals surface area contributed by atoms with Gasteiger partial charge in [0.2, 0.25) is 5.91 Å². The second kappa shape index (κ2) is 8.71. The molecular weight excluding hydrogens is 340 g/mol. The Morgan fingerprint density at radius 3 is 2.78 bits per heavy atom. The maximum atomic E-state index is 11.9. The molecule has 0 unspecified atom stereocenters. The van der Waals surface area contributed by atoms with E-state index in [9.17, 15) is 4.79 Å². The van der Waals surface area contributed by atoms with E-state index in [0.29, 0.717) is 38.3 Å². The Balaban J connectivity index is 1.35. The standard InChI is InChI=1S/C22H26N2O3/c1-15-7-10-20-19(13-15)24-22(27-20)6-4-5-21(25)23-11-12-26-18-9-8-16(2)17(3)14-18/h7-10,13-14H,4-6,11-12H2,1-3H3,(H,23,25). The van der Waals surface area contributed by atoms with Crippen molar-refractivity contribution < 1.29 is 13.9 Å². The van der Waals surface area contributed by atoms with Crippen molar-refractivity contribution in [3.8, 4) is 5.75 Å². The van der Waals surface area contributed by atoms with Crippen molar-refractivity contribution in [3.05, 3.63) is 59.0 Å². The monoisotopic (exact) mass is 366 g/mol. The van der Waals surface area contributed by atoms with Crippen molar-refractivity contribution in [2.75, 3.05) is 13.2 Å². The fourth-order valence-corrected chi connectivity index (χ4v) is 2.84. The molecule has 3 rings (SSSR count). The zero-order valence-electron chi connectivity index (χ0n) is 16.2. The largest absolute Gasteiger partial charge is 0.492 e. The van der Waals surface area contributed by atoms with Crippen molar-refractivity contribution in [2.24, 2.45) is 0 Å². The molecule has 0 aliphatic heterocycles. The maximum absolute atomic E-state index is 11.9. The van der Waals surface area contributed by atoms with Gasteiger partial charge in [-0.25, -0.2) is 4.98 Å². The molecule has 0 aliphatic carbocycles. The van der Waals surface area contributed by atoms with Crippen molar-refractivity contribution in [1.82, 2.24) is 10.3 Å². The number of benzene rings is 2. The number of amides is 1. The molecule has 0 spiro atoms. The number of fused-ring (bicyclic) bond motifs is 1. The summed E-state index contributed by atoms with van der Waals surface area (Å²) < 4.78 is 11.4. The Morgan fingerprint density at radius 1 is 1.11 bits per heavy atom. The van der Waals surface area contributed by atoms with Crippen LogP contribution in [0.2, 0.25) is 0 Å². The highest BCUT2D eigenvalue weighted by Gasteiger charge is 2.07. The van der Waals surface area contributed by atoms with Gasteiger partial charge in [0.15, 0.2) is 11.5 Å². The first kappa shape index (κ1) is 19.0. The first-order valence-electron chi connectivity index (χ1n) is 9.34. The number of hydrogen-bond donors (Lipinski definition) is 1. The van der Waals surface area contributed by atoms with Crippen LogP contribution in [-0.4, -0.2) is 24.0 Å². The second-order valence-electron chi connectivity index (χ2n) is 6.88. The number of aryl methyl sites for hydroxylation is 4. The third-order valence-electron chi connectivity index (χ3n) is 4.55. The van der Waals surface area contributed by atoms with Gasteiger partial charge in [0, 0.05) is 12.8 Å². The topological polar surface area (TPSA) is 64.4 Å². The van der Waals surface area contributed by atoms with Gasteiger partial charge >= 0.3 is 0 Å². The summed E-state index contributed by atoms with van der Waals surface area (Å²) in [6.07, 6.45) is 1.80. The van der Waals surface area contributed by atoms with E-state index in [1.807, 2.05) is 43.3 Å². The van der Waals surface area contributed by atoms with Gasteiger partial charge in [-0.1, -0.05) is 12.1 Å². The van der Waals surface area contributed by atoms with Gasteiger partial charge < -0.3 is 14.5 Å². The number of nitrogens with zero attached hydrogens (tertiary/aromatic N) is 1. The van der Waals surface area contributed by atoms with Gasteiger partial charge in [0.05, 0.1) is 6.54 Å². The molecule has 0 bridgehead atoms. The summed E-state index contributed by atoms with van der Waals surface area (Å²) in [5.74, 6) is 1.53. The molecule has 142 valence electrons. The highest BCUT2D eigenvalue weighted by molar-refractivity contribution is 5.76. The van der Waals surface area contributed by atoms with Crippen molar-refractivity contribution in [3.63, 3.8) is 0 Å². The molecule has 0 fully saturated rings. The molecule has 1 N–H and O–H groups in total. The number of rotatable bonds is 8. The minimum Gasteiger partial charge on any atom is -0.492 e. The first-order chi connectivity index (χ1) is 13.0. The average Bonchev–Trinajstić information content (AvgIpc) is 3.03. The number of oxazole rings is 1. The van der Waals surface area contributed by atoms with Crippen LogP contribution in [0.15, 0.2) is 40.8 Å². The van der Waals surface area contributed by atoms with Gasteiger partial charge in [-0.3, -0.25) is 4.79 Å². The lowest BCUT2D eigenvalue weighted by Crippen LogP contribution is -2.27. The van der Waals surface area contributed by atoms with Gasteiger partial charge in [0.1, 0.15) is 17.9 Å². The molecule has 5 heteroatoms. The summed E-state index contributed by atoms with van der Waals surface area (Å²) in [7, 11) is 0. The summed E-state index contributed by atoms with van der Waals surface area (Å²) in [6.45, 7) is 7.11. The van der Waals surface area contributed by atoms with Crippen LogP contribution in [-0.2, 0) is 11.2 Å². The van der Waals surface area contributed by atoms with E-state index in [1.165, 1.54) is 11.1 Å². The van der Waals surface area contributed by atoms with Crippen LogP contribution in [0.5, 0.6) is 5.75 Å². The molecular formula is C22H26N2O3. The summed E-state index contributed by atoms with van der Waals surface area (Å²) in [6, 6.07) is 11.9. The molecule has 5 nitrogen and oxygen atoms in total. The molecule has 3 aromatic rings. The third kappa shape index (κ3) is 5.33. The quantitative estimate of drug-likeness (QED) is 0.605. The van der Waals surface area contributed by atoms with Gasteiger partial charge in [-0.15, -0.1) is 0 Å². The minimum atomic E-state index is 0.0191. The zero-order chi connectivity index (χ0) is 19.2. The summed E-state index contributed by atoms with van der Waals surface area (Å²) in [5.41, 5.74) is 5.27. The van der Waals surface area contributed by atoms with Gasteiger partial charge in [-0.2, -0.15) is 0 Å². The lowest BCUT2D eigenvalue weighted by Gasteiger charge is -2.09. The van der Waals surface area contributed by atoms with Crippen molar-refractivity contribution >= 4 is 17.0 Å². The summed E-state index contributed by atoms with van der Waals surface area (Å²) >= 11 is 0. The van der Waals surface area contributed by atoms with E-state index in [1.54, 1.807) is 0 Å². The highest BCUT2D eigenvalue weighted by atomic mass is 16.5. The fraction of sp³-hybridized carbons (Fsp3) is 0.364. The second-order valence-corrected chi connectivity index (χ2v) is 6.88. The lowest BCUT2D eigenvalue weighted by molar-refractivity contribution is -0.121. The molecule has 0 saturated heterocycles. The summed E-state index contributed by atoms with van der Waals surface area (Å²) in [5, 5.41) is 2.88. The van der Waals surface area contributed by atoms with E-state index in [-0.39, 0.29) is 5.91 Å². The predicted octanol–water partition coefficient (Wildman–Crippen LogP) is 4.27. The number of carbonyl (C=O) groups excluding carboxylic acids is 1. The Kier molecular flexibility index (Phi) is 6.12. The van der Waals surface area contributed by atoms with Crippen LogP contribution in [0, 0.1) is 20.8 Å². The maximum Gasteiger partial charge on any atom is 0.220 e. The number of carbonyl (C=O) groups is 1. The zero-order valence-corrected chi connectivity index (χ0v) is 16.2. The number of ether oxygens (including phenoxy) is 1. The molecule has 27 heavy (non-hydrogen) atoms. The molecule has 1 heterocycles. The molecule has 0 saturated carbocycles. The van der Waals surface area contributed by atoms with Crippen molar-refractivity contribution in [1.29, 1.82) is 0 Å². The van der Waals surface area contributed by atoms with E-state index in [2.05, 4.69) is 24.1 Å². The molecule has 0 atom stereocenters. The van der Waals surface area contributed by atoms with E-state index >= 15 is 0 Å². The number of aromatic nitrogens is 1. The molecule has 1 aromatic heterocycles. The van der Waals surface area contributed by atoms with Crippen LogP contribution in [0.4, 0.5) is 0 Å². The lowest BCUT2D eigenvalue weighted by atomic mass is 10.1. The molecule has 0 radical (unpaired) electrons. The smallest absolute Gasteiger partial charge is 0.220 e. The Bertz CT molecular complexity index is 930. The molecule has 0 aliphatic rings. The summed E-state index contributed by atoms with van der Waals surface area (Å²) in [4.78, 5) is 16.4. The fourth-order valence-electron chi connectivity index (χ4n) is 2.84. The Labute approximate surface area is 159 Å². The predicted molar refractivity (Wildman–Crippen MR) is 106 cm³/mol. The van der Waals surface area contributed by atoms with E-state index in [0.717, 1.165) is 22.4 Å².